The minimum Gasteiger partial charge on any atom is -0.469 e. The second-order valence-corrected chi connectivity index (χ2v) is 5.79. The van der Waals surface area contributed by atoms with Crippen LogP contribution in [0, 0.1) is 0 Å². The highest BCUT2D eigenvalue weighted by Crippen LogP contribution is 2.20. The van der Waals surface area contributed by atoms with Crippen LogP contribution >= 0.6 is 11.3 Å². The summed E-state index contributed by atoms with van der Waals surface area (Å²) >= 11 is 1.50. The number of anilines is 1. The number of carbonyl (C=O) groups excluding carboxylic acids is 1. The number of amides is 1. The van der Waals surface area contributed by atoms with Gasteiger partial charge < -0.3 is 9.73 Å². The van der Waals surface area contributed by atoms with Gasteiger partial charge in [0.05, 0.1) is 12.0 Å². The van der Waals surface area contributed by atoms with Crippen LogP contribution in [0.3, 0.4) is 0 Å². The van der Waals surface area contributed by atoms with Crippen LogP contribution in [0.4, 0.5) is 5.13 Å². The maximum atomic E-state index is 11.5. The zero-order valence-corrected chi connectivity index (χ0v) is 13.4. The Bertz CT molecular complexity index is 565. The van der Waals surface area contributed by atoms with E-state index in [1.54, 1.807) is 18.1 Å². The SMILES string of the molecule is CCN(C(C)=O)c1nc(CNC(C)Cc2ccco2)cs1. The quantitative estimate of drug-likeness (QED) is 0.854. The largest absolute Gasteiger partial charge is 0.469 e. The standard InChI is InChI=1S/C15H21N3O2S/c1-4-18(12(3)19)15-17-13(10-21-15)9-16-11(2)8-14-6-5-7-20-14/h5-7,10-11,16H,4,8-9H2,1-3H3. The van der Waals surface area contributed by atoms with Crippen LogP contribution in [-0.4, -0.2) is 23.5 Å². The summed E-state index contributed by atoms with van der Waals surface area (Å²) in [6.07, 6.45) is 2.54. The molecule has 0 radical (unpaired) electrons. The van der Waals surface area contributed by atoms with Crippen molar-refractivity contribution in [1.29, 1.82) is 0 Å². The maximum Gasteiger partial charge on any atom is 0.225 e. The van der Waals surface area contributed by atoms with Crippen LogP contribution in [-0.2, 0) is 17.8 Å². The van der Waals surface area contributed by atoms with Crippen molar-refractivity contribution >= 4 is 22.4 Å². The summed E-state index contributed by atoms with van der Waals surface area (Å²) in [5.74, 6) is 1.00. The predicted octanol–water partition coefficient (Wildman–Crippen LogP) is 2.83. The first-order valence-corrected chi connectivity index (χ1v) is 7.96. The van der Waals surface area contributed by atoms with E-state index in [1.807, 2.05) is 24.4 Å². The summed E-state index contributed by atoms with van der Waals surface area (Å²) in [6, 6.07) is 4.18. The highest BCUT2D eigenvalue weighted by molar-refractivity contribution is 7.14. The van der Waals surface area contributed by atoms with Gasteiger partial charge in [-0.25, -0.2) is 4.98 Å². The van der Waals surface area contributed by atoms with Gasteiger partial charge in [-0.3, -0.25) is 9.69 Å². The van der Waals surface area contributed by atoms with E-state index in [2.05, 4.69) is 17.2 Å². The lowest BCUT2D eigenvalue weighted by Crippen LogP contribution is -2.29. The number of nitrogens with zero attached hydrogens (tertiary/aromatic N) is 2. The topological polar surface area (TPSA) is 58.4 Å². The minimum atomic E-state index is 0.0255. The Hall–Kier alpha value is -1.66. The first-order chi connectivity index (χ1) is 10.1. The van der Waals surface area contributed by atoms with Gasteiger partial charge in [0.2, 0.25) is 5.91 Å². The lowest BCUT2D eigenvalue weighted by Gasteiger charge is -2.14. The number of furan rings is 1. The lowest BCUT2D eigenvalue weighted by atomic mass is 10.2. The molecule has 1 N–H and O–H groups in total. The fourth-order valence-electron chi connectivity index (χ4n) is 2.08. The van der Waals surface area contributed by atoms with Gasteiger partial charge in [-0.05, 0) is 26.0 Å². The number of rotatable bonds is 7. The molecule has 2 rings (SSSR count). The van der Waals surface area contributed by atoms with E-state index >= 15 is 0 Å². The van der Waals surface area contributed by atoms with Crippen LogP contribution in [0.25, 0.3) is 0 Å². The third kappa shape index (κ3) is 4.41. The van der Waals surface area contributed by atoms with Crippen molar-refractivity contribution in [1.82, 2.24) is 10.3 Å². The molecule has 0 aromatic carbocycles. The molecule has 0 saturated heterocycles. The van der Waals surface area contributed by atoms with Crippen LogP contribution in [0.15, 0.2) is 28.2 Å². The molecule has 0 saturated carbocycles. The van der Waals surface area contributed by atoms with Crippen molar-refractivity contribution in [2.45, 2.75) is 39.8 Å². The molecule has 21 heavy (non-hydrogen) atoms. The molecule has 0 aliphatic carbocycles. The molecule has 2 aromatic heterocycles. The van der Waals surface area contributed by atoms with Crippen LogP contribution in [0.5, 0.6) is 0 Å². The maximum absolute atomic E-state index is 11.5. The van der Waals surface area contributed by atoms with E-state index in [9.17, 15) is 4.79 Å². The van der Waals surface area contributed by atoms with E-state index in [0.717, 1.165) is 23.0 Å². The summed E-state index contributed by atoms with van der Waals surface area (Å²) in [7, 11) is 0. The fraction of sp³-hybridized carbons (Fsp3) is 0.467. The van der Waals surface area contributed by atoms with Crippen molar-refractivity contribution in [3.8, 4) is 0 Å². The van der Waals surface area contributed by atoms with Crippen molar-refractivity contribution in [3.63, 3.8) is 0 Å². The third-order valence-electron chi connectivity index (χ3n) is 3.19. The molecular formula is C15H21N3O2S. The molecule has 0 aliphatic heterocycles. The zero-order chi connectivity index (χ0) is 15.2. The predicted molar refractivity (Wildman–Crippen MR) is 84.5 cm³/mol. The molecule has 0 fully saturated rings. The van der Waals surface area contributed by atoms with E-state index in [1.165, 1.54) is 11.3 Å². The Morgan fingerprint density at radius 2 is 2.38 bits per heavy atom. The van der Waals surface area contributed by atoms with Crippen LogP contribution in [0.2, 0.25) is 0 Å². The molecule has 0 bridgehead atoms. The van der Waals surface area contributed by atoms with E-state index in [0.29, 0.717) is 19.1 Å². The Morgan fingerprint density at radius 1 is 1.57 bits per heavy atom. The van der Waals surface area contributed by atoms with Gasteiger partial charge in [0.15, 0.2) is 5.13 Å². The lowest BCUT2D eigenvalue weighted by molar-refractivity contribution is -0.116. The van der Waals surface area contributed by atoms with Crippen molar-refractivity contribution in [2.75, 3.05) is 11.4 Å². The summed E-state index contributed by atoms with van der Waals surface area (Å²) in [5, 5.41) is 6.18. The van der Waals surface area contributed by atoms with Gasteiger partial charge in [0.1, 0.15) is 5.76 Å². The molecule has 2 heterocycles. The van der Waals surface area contributed by atoms with Gasteiger partial charge in [0, 0.05) is 37.9 Å². The first kappa shape index (κ1) is 15.7. The highest BCUT2D eigenvalue weighted by Gasteiger charge is 2.13. The molecular weight excluding hydrogens is 286 g/mol. The fourth-order valence-corrected chi connectivity index (χ4v) is 3.01. The average molecular weight is 307 g/mol. The van der Waals surface area contributed by atoms with Crippen LogP contribution < -0.4 is 10.2 Å². The third-order valence-corrected chi connectivity index (χ3v) is 4.10. The molecule has 1 unspecified atom stereocenters. The molecule has 0 spiro atoms. The minimum absolute atomic E-state index is 0.0255. The average Bonchev–Trinajstić information content (AvgIpc) is 3.08. The van der Waals surface area contributed by atoms with E-state index in [4.69, 9.17) is 4.42 Å². The van der Waals surface area contributed by atoms with Gasteiger partial charge in [0.25, 0.3) is 0 Å². The number of hydrogen-bond donors (Lipinski definition) is 1. The Balaban J connectivity index is 1.86. The van der Waals surface area contributed by atoms with Gasteiger partial charge >= 0.3 is 0 Å². The van der Waals surface area contributed by atoms with Crippen molar-refractivity contribution in [2.24, 2.45) is 0 Å². The monoisotopic (exact) mass is 307 g/mol. The molecule has 5 nitrogen and oxygen atoms in total. The Labute approximate surface area is 129 Å². The molecule has 1 amide bonds. The second kappa shape index (κ2) is 7.38. The Morgan fingerprint density at radius 3 is 3.00 bits per heavy atom. The number of carbonyl (C=O) groups is 1. The molecule has 2 aromatic rings. The van der Waals surface area contributed by atoms with E-state index in [-0.39, 0.29) is 5.91 Å². The first-order valence-electron chi connectivity index (χ1n) is 7.08. The number of aromatic nitrogens is 1. The van der Waals surface area contributed by atoms with E-state index < -0.39 is 0 Å². The van der Waals surface area contributed by atoms with Gasteiger partial charge in [-0.15, -0.1) is 11.3 Å². The smallest absolute Gasteiger partial charge is 0.225 e. The molecule has 1 atom stereocenters. The highest BCUT2D eigenvalue weighted by atomic mass is 32.1. The Kier molecular flexibility index (Phi) is 5.52. The second-order valence-electron chi connectivity index (χ2n) is 4.95. The van der Waals surface area contributed by atoms with Crippen molar-refractivity contribution in [3.05, 3.63) is 35.2 Å². The molecule has 6 heteroatoms. The summed E-state index contributed by atoms with van der Waals surface area (Å²) < 4.78 is 5.33. The molecule has 0 aliphatic rings. The number of thiazole rings is 1. The van der Waals surface area contributed by atoms with Crippen LogP contribution in [0.1, 0.15) is 32.2 Å². The summed E-state index contributed by atoms with van der Waals surface area (Å²) in [5.41, 5.74) is 0.959. The zero-order valence-electron chi connectivity index (χ0n) is 12.6. The van der Waals surface area contributed by atoms with Gasteiger partial charge in [-0.1, -0.05) is 0 Å². The normalized spacial score (nSPS) is 12.3. The summed E-state index contributed by atoms with van der Waals surface area (Å²) in [4.78, 5) is 17.7. The number of hydrogen-bond acceptors (Lipinski definition) is 5. The summed E-state index contributed by atoms with van der Waals surface area (Å²) in [6.45, 7) is 6.96. The number of nitrogens with one attached hydrogen (secondary N) is 1. The van der Waals surface area contributed by atoms with Gasteiger partial charge in [-0.2, -0.15) is 0 Å². The molecule has 114 valence electrons. The van der Waals surface area contributed by atoms with Crippen molar-refractivity contribution < 1.29 is 9.21 Å².